The number of anilines is 1. The summed E-state index contributed by atoms with van der Waals surface area (Å²) in [5, 5.41) is 5.37. The third kappa shape index (κ3) is 3.12. The molecule has 19 heavy (non-hydrogen) atoms. The number of hydrogen-bond donors (Lipinski definition) is 1. The summed E-state index contributed by atoms with van der Waals surface area (Å²) < 4.78 is 5.17. The van der Waals surface area contributed by atoms with Crippen LogP contribution in [0.2, 0.25) is 0 Å². The number of methoxy groups -OCH3 is 1. The molecular weight excluding hydrogens is 260 g/mol. The van der Waals surface area contributed by atoms with Crippen LogP contribution in [0.15, 0.2) is 29.6 Å². The number of para-hydroxylation sites is 1. The summed E-state index contributed by atoms with van der Waals surface area (Å²) >= 11 is 1.43. The minimum absolute atomic E-state index is 0.206. The van der Waals surface area contributed by atoms with Gasteiger partial charge in [-0.15, -0.1) is 11.3 Å². The molecule has 0 fully saturated rings. The Bertz CT molecular complexity index is 578. The largest absolute Gasteiger partial charge is 0.496 e. The second-order valence-corrected chi connectivity index (χ2v) is 5.24. The average molecular weight is 276 g/mol. The second-order valence-electron chi connectivity index (χ2n) is 4.39. The second kappa shape index (κ2) is 5.84. The molecule has 0 aliphatic rings. The van der Waals surface area contributed by atoms with E-state index < -0.39 is 0 Å². The molecule has 0 saturated carbocycles. The Morgan fingerprint density at radius 3 is 2.74 bits per heavy atom. The van der Waals surface area contributed by atoms with Gasteiger partial charge in [-0.05, 0) is 18.1 Å². The van der Waals surface area contributed by atoms with Gasteiger partial charge in [-0.1, -0.05) is 26.0 Å². The van der Waals surface area contributed by atoms with Gasteiger partial charge in [-0.3, -0.25) is 10.1 Å². The van der Waals surface area contributed by atoms with E-state index >= 15 is 0 Å². The highest BCUT2D eigenvalue weighted by atomic mass is 32.1. The van der Waals surface area contributed by atoms with Gasteiger partial charge in [-0.25, -0.2) is 4.98 Å². The highest BCUT2D eigenvalue weighted by Gasteiger charge is 2.13. The number of nitrogens with zero attached hydrogens (tertiary/aromatic N) is 1. The summed E-state index contributed by atoms with van der Waals surface area (Å²) in [5.74, 6) is 0.705. The van der Waals surface area contributed by atoms with Crippen LogP contribution in [0, 0.1) is 0 Å². The molecule has 2 aromatic rings. The van der Waals surface area contributed by atoms with Crippen LogP contribution in [-0.2, 0) is 0 Å². The lowest BCUT2D eigenvalue weighted by molar-refractivity contribution is 0.102. The van der Waals surface area contributed by atoms with E-state index in [1.165, 1.54) is 11.3 Å². The quantitative estimate of drug-likeness (QED) is 0.929. The molecule has 1 aromatic carbocycles. The van der Waals surface area contributed by atoms with E-state index in [0.717, 1.165) is 5.69 Å². The molecule has 0 saturated heterocycles. The average Bonchev–Trinajstić information content (AvgIpc) is 2.87. The van der Waals surface area contributed by atoms with Crippen molar-refractivity contribution in [3.8, 4) is 5.75 Å². The van der Waals surface area contributed by atoms with Crippen molar-refractivity contribution in [3.63, 3.8) is 0 Å². The highest BCUT2D eigenvalue weighted by molar-refractivity contribution is 7.14. The van der Waals surface area contributed by atoms with Gasteiger partial charge in [0.05, 0.1) is 18.4 Å². The van der Waals surface area contributed by atoms with Gasteiger partial charge in [-0.2, -0.15) is 0 Å². The number of aromatic nitrogens is 1. The van der Waals surface area contributed by atoms with Gasteiger partial charge >= 0.3 is 0 Å². The molecule has 1 aromatic heterocycles. The minimum Gasteiger partial charge on any atom is -0.496 e. The third-order valence-electron chi connectivity index (χ3n) is 2.69. The molecule has 1 heterocycles. The van der Waals surface area contributed by atoms with Crippen LogP contribution in [0.1, 0.15) is 35.8 Å². The first-order chi connectivity index (χ1) is 9.11. The lowest BCUT2D eigenvalue weighted by Crippen LogP contribution is -2.13. The van der Waals surface area contributed by atoms with Gasteiger partial charge in [0.25, 0.3) is 5.91 Å². The van der Waals surface area contributed by atoms with Crippen molar-refractivity contribution in [1.29, 1.82) is 0 Å². The van der Waals surface area contributed by atoms with Crippen molar-refractivity contribution in [2.45, 2.75) is 19.8 Å². The number of benzene rings is 1. The Hall–Kier alpha value is -1.88. The summed E-state index contributed by atoms with van der Waals surface area (Å²) in [4.78, 5) is 16.5. The number of thiazole rings is 1. The van der Waals surface area contributed by atoms with Crippen molar-refractivity contribution in [2.75, 3.05) is 12.4 Å². The molecule has 100 valence electrons. The number of carbonyl (C=O) groups is 1. The molecule has 0 aliphatic heterocycles. The molecule has 1 amide bonds. The van der Waals surface area contributed by atoms with Crippen molar-refractivity contribution in [1.82, 2.24) is 4.98 Å². The SMILES string of the molecule is COc1ccccc1C(=O)Nc1nc(C(C)C)cs1. The maximum absolute atomic E-state index is 12.1. The Morgan fingerprint density at radius 2 is 2.11 bits per heavy atom. The molecule has 0 aliphatic carbocycles. The lowest BCUT2D eigenvalue weighted by atomic mass is 10.2. The molecule has 4 nitrogen and oxygen atoms in total. The number of rotatable bonds is 4. The summed E-state index contributed by atoms with van der Waals surface area (Å²) in [5.41, 5.74) is 1.49. The Morgan fingerprint density at radius 1 is 1.37 bits per heavy atom. The smallest absolute Gasteiger partial charge is 0.261 e. The summed E-state index contributed by atoms with van der Waals surface area (Å²) in [7, 11) is 1.55. The summed E-state index contributed by atoms with van der Waals surface area (Å²) in [6.45, 7) is 4.14. The molecule has 5 heteroatoms. The van der Waals surface area contributed by atoms with Crippen LogP contribution in [0.4, 0.5) is 5.13 Å². The number of carbonyl (C=O) groups excluding carboxylic acids is 1. The van der Waals surface area contributed by atoms with Gasteiger partial charge in [0.1, 0.15) is 5.75 Å². The van der Waals surface area contributed by atoms with Crippen molar-refractivity contribution < 1.29 is 9.53 Å². The van der Waals surface area contributed by atoms with Crippen molar-refractivity contribution >= 4 is 22.4 Å². The molecular formula is C14H16N2O2S. The predicted molar refractivity (Wildman–Crippen MR) is 77.2 cm³/mol. The van der Waals surface area contributed by atoms with E-state index in [1.807, 2.05) is 11.4 Å². The number of nitrogens with one attached hydrogen (secondary N) is 1. The van der Waals surface area contributed by atoms with Crippen molar-refractivity contribution in [2.24, 2.45) is 0 Å². The normalized spacial score (nSPS) is 10.5. The van der Waals surface area contributed by atoms with E-state index in [1.54, 1.807) is 25.3 Å². The van der Waals surface area contributed by atoms with E-state index in [9.17, 15) is 4.79 Å². The Labute approximate surface area is 116 Å². The van der Waals surface area contributed by atoms with Crippen LogP contribution in [0.5, 0.6) is 5.75 Å². The molecule has 2 rings (SSSR count). The maximum atomic E-state index is 12.1. The first-order valence-corrected chi connectivity index (χ1v) is 6.89. The van der Waals surface area contributed by atoms with Crippen LogP contribution in [-0.4, -0.2) is 18.0 Å². The minimum atomic E-state index is -0.206. The number of amides is 1. The molecule has 0 bridgehead atoms. The predicted octanol–water partition coefficient (Wildman–Crippen LogP) is 3.53. The molecule has 0 radical (unpaired) electrons. The first kappa shape index (κ1) is 13.5. The van der Waals surface area contributed by atoms with Gasteiger partial charge < -0.3 is 4.74 Å². The molecule has 0 atom stereocenters. The van der Waals surface area contributed by atoms with Crippen LogP contribution in [0.25, 0.3) is 0 Å². The van der Waals surface area contributed by atoms with E-state index in [-0.39, 0.29) is 5.91 Å². The summed E-state index contributed by atoms with van der Waals surface area (Å²) in [6.07, 6.45) is 0. The molecule has 1 N–H and O–H groups in total. The third-order valence-corrected chi connectivity index (χ3v) is 3.46. The molecule has 0 unspecified atom stereocenters. The fourth-order valence-electron chi connectivity index (χ4n) is 1.61. The highest BCUT2D eigenvalue weighted by Crippen LogP contribution is 2.23. The zero-order chi connectivity index (χ0) is 13.8. The lowest BCUT2D eigenvalue weighted by Gasteiger charge is -2.07. The first-order valence-electron chi connectivity index (χ1n) is 6.01. The van der Waals surface area contributed by atoms with Crippen LogP contribution in [0.3, 0.4) is 0 Å². The monoisotopic (exact) mass is 276 g/mol. The van der Waals surface area contributed by atoms with E-state index in [4.69, 9.17) is 4.74 Å². The number of ether oxygens (including phenoxy) is 1. The van der Waals surface area contributed by atoms with Crippen LogP contribution >= 0.6 is 11.3 Å². The van der Waals surface area contributed by atoms with Crippen LogP contribution < -0.4 is 10.1 Å². The zero-order valence-electron chi connectivity index (χ0n) is 11.1. The molecule has 0 spiro atoms. The fraction of sp³-hybridized carbons (Fsp3) is 0.286. The number of hydrogen-bond acceptors (Lipinski definition) is 4. The fourth-order valence-corrected chi connectivity index (χ4v) is 2.47. The Kier molecular flexibility index (Phi) is 4.16. The standard InChI is InChI=1S/C14H16N2O2S/c1-9(2)11-8-19-14(15-11)16-13(17)10-6-4-5-7-12(10)18-3/h4-9H,1-3H3,(H,15,16,17). The van der Waals surface area contributed by atoms with Gasteiger partial charge in [0.2, 0.25) is 0 Å². The van der Waals surface area contributed by atoms with Gasteiger partial charge in [0, 0.05) is 5.38 Å². The zero-order valence-corrected chi connectivity index (χ0v) is 12.0. The van der Waals surface area contributed by atoms with Gasteiger partial charge in [0.15, 0.2) is 5.13 Å². The maximum Gasteiger partial charge on any atom is 0.261 e. The Balaban J connectivity index is 2.16. The summed E-state index contributed by atoms with van der Waals surface area (Å²) in [6, 6.07) is 7.12. The van der Waals surface area contributed by atoms with Crippen molar-refractivity contribution in [3.05, 3.63) is 40.9 Å². The topological polar surface area (TPSA) is 51.2 Å². The van der Waals surface area contributed by atoms with E-state index in [2.05, 4.69) is 24.1 Å². The van der Waals surface area contributed by atoms with E-state index in [0.29, 0.717) is 22.4 Å².